The molecule has 31 heavy (non-hydrogen) atoms. The fourth-order valence-electron chi connectivity index (χ4n) is 4.37. The molecule has 160 valence electrons. The van der Waals surface area contributed by atoms with E-state index in [0.29, 0.717) is 13.1 Å². The molecule has 0 atom stereocenters. The summed E-state index contributed by atoms with van der Waals surface area (Å²) in [5.74, 6) is 0.126. The molecule has 1 aromatic heterocycles. The van der Waals surface area contributed by atoms with Crippen LogP contribution in [0.5, 0.6) is 0 Å². The van der Waals surface area contributed by atoms with Gasteiger partial charge in [0.05, 0.1) is 0 Å². The number of ketones is 1. The third kappa shape index (κ3) is 4.79. The lowest BCUT2D eigenvalue weighted by Gasteiger charge is -2.26. The first-order chi connectivity index (χ1) is 15.2. The molecule has 0 bridgehead atoms. The van der Waals surface area contributed by atoms with Crippen molar-refractivity contribution in [1.82, 2.24) is 9.88 Å². The van der Waals surface area contributed by atoms with Crippen molar-refractivity contribution in [3.63, 3.8) is 0 Å². The molecule has 0 saturated carbocycles. The molecule has 1 amide bonds. The van der Waals surface area contributed by atoms with Gasteiger partial charge in [-0.25, -0.2) is 0 Å². The first-order valence-corrected chi connectivity index (χ1v) is 11.3. The molecular weight excluding hydrogens is 384 g/mol. The number of benzene rings is 2. The zero-order valence-corrected chi connectivity index (χ0v) is 18.2. The lowest BCUT2D eigenvalue weighted by atomic mass is 9.98. The van der Waals surface area contributed by atoms with Crippen molar-refractivity contribution in [2.24, 2.45) is 0 Å². The van der Waals surface area contributed by atoms with Crippen molar-refractivity contribution in [3.8, 4) is 0 Å². The Morgan fingerprint density at radius 1 is 1.00 bits per heavy atom. The van der Waals surface area contributed by atoms with Gasteiger partial charge in [0.2, 0.25) is 5.91 Å². The van der Waals surface area contributed by atoms with E-state index >= 15 is 0 Å². The van der Waals surface area contributed by atoms with E-state index in [-0.39, 0.29) is 24.5 Å². The van der Waals surface area contributed by atoms with Gasteiger partial charge >= 0.3 is 0 Å². The highest BCUT2D eigenvalue weighted by atomic mass is 16.2. The average Bonchev–Trinajstić information content (AvgIpc) is 3.20. The lowest BCUT2D eigenvalue weighted by molar-refractivity contribution is -0.130. The van der Waals surface area contributed by atoms with E-state index in [1.54, 1.807) is 0 Å². The van der Waals surface area contributed by atoms with E-state index < -0.39 is 0 Å². The third-order valence-corrected chi connectivity index (χ3v) is 6.12. The summed E-state index contributed by atoms with van der Waals surface area (Å²) in [5, 5.41) is 0.972. The summed E-state index contributed by atoms with van der Waals surface area (Å²) >= 11 is 0. The number of aromatic nitrogens is 1. The number of Topliss-reactive ketones (excluding diaryl/α,β-unsaturated/α-hetero) is 1. The predicted molar refractivity (Wildman–Crippen MR) is 126 cm³/mol. The van der Waals surface area contributed by atoms with Crippen LogP contribution in [0.2, 0.25) is 0 Å². The molecular formula is C27H30N2O2. The van der Waals surface area contributed by atoms with Crippen LogP contribution in [0.3, 0.4) is 0 Å². The lowest BCUT2D eigenvalue weighted by Crippen LogP contribution is -2.34. The molecule has 2 heterocycles. The first-order valence-electron chi connectivity index (χ1n) is 11.3. The van der Waals surface area contributed by atoms with Crippen LogP contribution in [0.15, 0.2) is 60.7 Å². The van der Waals surface area contributed by atoms with Crippen LogP contribution in [0.25, 0.3) is 16.5 Å². The fourth-order valence-corrected chi connectivity index (χ4v) is 4.37. The van der Waals surface area contributed by atoms with Crippen LogP contribution >= 0.6 is 0 Å². The van der Waals surface area contributed by atoms with Gasteiger partial charge in [0.1, 0.15) is 0 Å². The van der Waals surface area contributed by atoms with Crippen LogP contribution in [-0.4, -0.2) is 34.7 Å². The highest BCUT2D eigenvalue weighted by Gasteiger charge is 2.22. The summed E-state index contributed by atoms with van der Waals surface area (Å²) in [6.07, 6.45) is 6.49. The van der Waals surface area contributed by atoms with Crippen molar-refractivity contribution in [2.45, 2.75) is 45.4 Å². The minimum absolute atomic E-state index is 0.0617. The first kappa shape index (κ1) is 21.1. The Balaban J connectivity index is 1.40. The van der Waals surface area contributed by atoms with Crippen molar-refractivity contribution < 1.29 is 9.59 Å². The number of hydrogen-bond donors (Lipinski definition) is 1. The summed E-state index contributed by atoms with van der Waals surface area (Å²) in [4.78, 5) is 31.2. The molecule has 0 fully saturated rings. The summed E-state index contributed by atoms with van der Waals surface area (Å²) < 4.78 is 0. The maximum Gasteiger partial charge on any atom is 0.223 e. The molecule has 0 spiro atoms. The number of carbonyl (C=O) groups is 2. The zero-order chi connectivity index (χ0) is 21.6. The second kappa shape index (κ2) is 9.78. The van der Waals surface area contributed by atoms with E-state index in [1.165, 1.54) is 11.1 Å². The molecule has 1 aliphatic rings. The number of H-pyrrole nitrogens is 1. The van der Waals surface area contributed by atoms with Gasteiger partial charge in [-0.15, -0.1) is 0 Å². The summed E-state index contributed by atoms with van der Waals surface area (Å²) in [5.41, 5.74) is 5.30. The van der Waals surface area contributed by atoms with Gasteiger partial charge in [0, 0.05) is 48.1 Å². The second-order valence-electron chi connectivity index (χ2n) is 8.24. The molecule has 4 heteroatoms. The summed E-state index contributed by atoms with van der Waals surface area (Å²) in [7, 11) is 0. The Kier molecular flexibility index (Phi) is 6.66. The summed E-state index contributed by atoms with van der Waals surface area (Å²) in [6.45, 7) is 3.48. The molecule has 4 rings (SSSR count). The number of nitrogens with zero attached hydrogens (tertiary/aromatic N) is 1. The van der Waals surface area contributed by atoms with Crippen LogP contribution in [0.4, 0.5) is 0 Å². The van der Waals surface area contributed by atoms with Crippen molar-refractivity contribution in [3.05, 3.63) is 77.5 Å². The fraction of sp³-hybridized carbons (Fsp3) is 0.333. The number of nitrogens with one attached hydrogen (secondary N) is 1. The molecule has 1 N–H and O–H groups in total. The summed E-state index contributed by atoms with van der Waals surface area (Å²) in [6, 6.07) is 18.3. The number of carbonyl (C=O) groups excluding carboxylic acids is 2. The van der Waals surface area contributed by atoms with Gasteiger partial charge in [-0.3, -0.25) is 9.59 Å². The topological polar surface area (TPSA) is 53.2 Å². The van der Waals surface area contributed by atoms with E-state index in [0.717, 1.165) is 47.8 Å². The predicted octanol–water partition coefficient (Wildman–Crippen LogP) is 5.79. The molecule has 0 unspecified atom stereocenters. The van der Waals surface area contributed by atoms with Crippen LogP contribution in [0.1, 0.15) is 60.6 Å². The SMILES string of the molecule is CCCCc1[nH]c2ccccc2c1C(=O)CCC(=O)N1CC=C(c2ccccc2)CC1. The number of amides is 1. The Hall–Kier alpha value is -3.14. The average molecular weight is 415 g/mol. The number of rotatable bonds is 8. The Labute approximate surface area is 184 Å². The van der Waals surface area contributed by atoms with Crippen LogP contribution in [-0.2, 0) is 11.2 Å². The van der Waals surface area contributed by atoms with Crippen molar-refractivity contribution in [2.75, 3.05) is 13.1 Å². The molecule has 4 nitrogen and oxygen atoms in total. The Bertz CT molecular complexity index is 1090. The molecule has 0 saturated heterocycles. The smallest absolute Gasteiger partial charge is 0.223 e. The van der Waals surface area contributed by atoms with Crippen molar-refractivity contribution in [1.29, 1.82) is 0 Å². The normalized spacial score (nSPS) is 14.0. The van der Waals surface area contributed by atoms with Gasteiger partial charge in [-0.2, -0.15) is 0 Å². The van der Waals surface area contributed by atoms with E-state index in [1.807, 2.05) is 47.4 Å². The quantitative estimate of drug-likeness (QED) is 0.474. The highest BCUT2D eigenvalue weighted by molar-refractivity contribution is 6.10. The highest BCUT2D eigenvalue weighted by Crippen LogP contribution is 2.26. The second-order valence-corrected chi connectivity index (χ2v) is 8.24. The molecule has 0 aliphatic carbocycles. The minimum atomic E-state index is 0.0617. The largest absolute Gasteiger partial charge is 0.358 e. The number of para-hydroxylation sites is 1. The number of unbranched alkanes of at least 4 members (excludes halogenated alkanes) is 1. The number of aromatic amines is 1. The standard InChI is InChI=1S/C27H30N2O2/c1-2-3-12-24-27(22-11-7-8-13-23(22)28-24)25(30)14-15-26(31)29-18-16-21(17-19-29)20-9-5-4-6-10-20/h4-11,13,16,28H,2-3,12,14-15,17-19H2,1H3. The molecule has 3 aromatic rings. The van der Waals surface area contributed by atoms with Crippen LogP contribution < -0.4 is 0 Å². The molecule has 2 aromatic carbocycles. The third-order valence-electron chi connectivity index (χ3n) is 6.12. The zero-order valence-electron chi connectivity index (χ0n) is 18.2. The number of aryl methyl sites for hydroxylation is 1. The Morgan fingerprint density at radius 2 is 1.77 bits per heavy atom. The molecule has 0 radical (unpaired) electrons. The maximum absolute atomic E-state index is 13.1. The van der Waals surface area contributed by atoms with Gasteiger partial charge in [0.15, 0.2) is 5.78 Å². The van der Waals surface area contributed by atoms with Gasteiger partial charge in [-0.05, 0) is 36.5 Å². The maximum atomic E-state index is 13.1. The number of hydrogen-bond acceptors (Lipinski definition) is 2. The van der Waals surface area contributed by atoms with Crippen LogP contribution in [0, 0.1) is 0 Å². The minimum Gasteiger partial charge on any atom is -0.358 e. The van der Waals surface area contributed by atoms with E-state index in [9.17, 15) is 9.59 Å². The number of fused-ring (bicyclic) bond motifs is 1. The van der Waals surface area contributed by atoms with Gasteiger partial charge < -0.3 is 9.88 Å². The van der Waals surface area contributed by atoms with E-state index in [2.05, 4.69) is 30.1 Å². The van der Waals surface area contributed by atoms with Gasteiger partial charge in [-0.1, -0.05) is 68.0 Å². The van der Waals surface area contributed by atoms with Crippen molar-refractivity contribution >= 4 is 28.2 Å². The van der Waals surface area contributed by atoms with E-state index in [4.69, 9.17) is 0 Å². The van der Waals surface area contributed by atoms with Gasteiger partial charge in [0.25, 0.3) is 0 Å². The monoisotopic (exact) mass is 414 g/mol. The molecule has 1 aliphatic heterocycles. The Morgan fingerprint density at radius 3 is 2.52 bits per heavy atom.